The number of hydrogen-bond donors (Lipinski definition) is 2. The summed E-state index contributed by atoms with van der Waals surface area (Å²) in [5, 5.41) is 13.3. The highest BCUT2D eigenvalue weighted by Gasteiger charge is 2.50. The molecule has 3 aromatic rings. The number of benzene rings is 1. The van der Waals surface area contributed by atoms with E-state index in [-0.39, 0.29) is 17.5 Å². The molecule has 8 heteroatoms. The summed E-state index contributed by atoms with van der Waals surface area (Å²) in [5.74, 6) is 0.307. The van der Waals surface area contributed by atoms with E-state index in [1.54, 1.807) is 35.6 Å². The van der Waals surface area contributed by atoms with Gasteiger partial charge in [-0.15, -0.1) is 11.3 Å². The van der Waals surface area contributed by atoms with Gasteiger partial charge < -0.3 is 15.0 Å². The number of nitrogens with zero attached hydrogens (tertiary/aromatic N) is 2. The Kier molecular flexibility index (Phi) is 5.66. The summed E-state index contributed by atoms with van der Waals surface area (Å²) < 4.78 is 0. The molecule has 35 heavy (non-hydrogen) atoms. The van der Waals surface area contributed by atoms with Gasteiger partial charge in [-0.2, -0.15) is 0 Å². The number of aromatic nitrogens is 2. The van der Waals surface area contributed by atoms with E-state index in [0.717, 1.165) is 37.2 Å². The lowest BCUT2D eigenvalue weighted by atomic mass is 9.99. The second kappa shape index (κ2) is 8.73. The van der Waals surface area contributed by atoms with Crippen molar-refractivity contribution in [1.29, 1.82) is 0 Å². The number of aliphatic hydroxyl groups excluding tert-OH is 1. The number of halogens is 1. The Labute approximate surface area is 212 Å². The Hall–Kier alpha value is -2.74. The van der Waals surface area contributed by atoms with E-state index in [1.807, 2.05) is 0 Å². The lowest BCUT2D eigenvalue weighted by Crippen LogP contribution is -2.42. The van der Waals surface area contributed by atoms with Crippen LogP contribution in [-0.4, -0.2) is 32.4 Å². The molecule has 3 heterocycles. The fourth-order valence-corrected chi connectivity index (χ4v) is 6.64. The summed E-state index contributed by atoms with van der Waals surface area (Å²) in [7, 11) is 0. The van der Waals surface area contributed by atoms with Crippen molar-refractivity contribution in [2.75, 3.05) is 6.54 Å². The molecule has 3 aliphatic rings. The van der Waals surface area contributed by atoms with Crippen LogP contribution in [-0.2, 0) is 23.2 Å². The van der Waals surface area contributed by atoms with E-state index in [0.29, 0.717) is 29.1 Å². The van der Waals surface area contributed by atoms with Crippen LogP contribution in [0.3, 0.4) is 0 Å². The lowest BCUT2D eigenvalue weighted by Gasteiger charge is -2.30. The summed E-state index contributed by atoms with van der Waals surface area (Å²) in [6, 6.07) is 8.92. The first-order valence-electron chi connectivity index (χ1n) is 12.1. The van der Waals surface area contributed by atoms with Gasteiger partial charge in [0.25, 0.3) is 11.5 Å². The predicted octanol–water partition coefficient (Wildman–Crippen LogP) is 4.75. The van der Waals surface area contributed by atoms with Crippen LogP contribution in [0.1, 0.15) is 71.3 Å². The highest BCUT2D eigenvalue weighted by molar-refractivity contribution is 7.10. The number of rotatable bonds is 5. The fourth-order valence-electron chi connectivity index (χ4n) is 5.25. The Bertz CT molecular complexity index is 1400. The number of allylic oxidation sites excluding steroid dienone is 2. The maximum atomic E-state index is 13.1. The van der Waals surface area contributed by atoms with Crippen molar-refractivity contribution >= 4 is 34.4 Å². The normalized spacial score (nSPS) is 19.3. The van der Waals surface area contributed by atoms with Gasteiger partial charge in [0.1, 0.15) is 5.82 Å². The maximum Gasteiger partial charge on any atom is 0.256 e. The monoisotopic (exact) mass is 507 g/mol. The van der Waals surface area contributed by atoms with Gasteiger partial charge in [-0.25, -0.2) is 4.98 Å². The van der Waals surface area contributed by atoms with E-state index in [9.17, 15) is 14.7 Å². The predicted molar refractivity (Wildman–Crippen MR) is 137 cm³/mol. The second-order valence-electron chi connectivity index (χ2n) is 9.71. The number of aliphatic hydroxyl groups is 1. The molecule has 1 amide bonds. The number of nitrogens with one attached hydrogen (secondary N) is 1. The highest BCUT2D eigenvalue weighted by atomic mass is 35.5. The number of amides is 1. The zero-order valence-corrected chi connectivity index (χ0v) is 20.8. The zero-order valence-electron chi connectivity index (χ0n) is 19.2. The Morgan fingerprint density at radius 3 is 2.86 bits per heavy atom. The first-order chi connectivity index (χ1) is 16.9. The van der Waals surface area contributed by atoms with E-state index in [4.69, 9.17) is 16.6 Å². The molecule has 1 atom stereocenters. The molecule has 0 spiro atoms. The molecular weight excluding hydrogens is 482 g/mol. The number of thiophene rings is 1. The summed E-state index contributed by atoms with van der Waals surface area (Å²) in [4.78, 5) is 36.9. The maximum absolute atomic E-state index is 13.1. The number of hydrogen-bond acceptors (Lipinski definition) is 5. The molecule has 6 rings (SSSR count). The Balaban J connectivity index is 1.24. The third-order valence-corrected chi connectivity index (χ3v) is 8.83. The molecule has 0 unspecified atom stereocenters. The summed E-state index contributed by atoms with van der Waals surface area (Å²) >= 11 is 7.77. The molecule has 6 nitrogen and oxygen atoms in total. The zero-order chi connectivity index (χ0) is 24.2. The number of fused-ring (bicyclic) bond motifs is 1. The smallest absolute Gasteiger partial charge is 0.256 e. The molecule has 2 aliphatic carbocycles. The minimum Gasteiger partial charge on any atom is -0.378 e. The molecule has 0 bridgehead atoms. The van der Waals surface area contributed by atoms with Crippen LogP contribution in [0.5, 0.6) is 0 Å². The van der Waals surface area contributed by atoms with Crippen molar-refractivity contribution in [1.82, 2.24) is 14.9 Å². The lowest BCUT2D eigenvalue weighted by molar-refractivity contribution is -0.141. The van der Waals surface area contributed by atoms with Crippen LogP contribution >= 0.6 is 22.9 Å². The third kappa shape index (κ3) is 4.05. The molecule has 0 saturated heterocycles. The van der Waals surface area contributed by atoms with E-state index in [1.165, 1.54) is 27.3 Å². The van der Waals surface area contributed by atoms with Crippen LogP contribution in [0.2, 0.25) is 5.02 Å². The number of carbonyl (C=O) groups is 1. The fraction of sp³-hybridized carbons (Fsp3) is 0.370. The molecule has 1 saturated carbocycles. The minimum atomic E-state index is -1.32. The minimum absolute atomic E-state index is 0.138. The van der Waals surface area contributed by atoms with Crippen molar-refractivity contribution in [3.63, 3.8) is 0 Å². The van der Waals surface area contributed by atoms with Crippen molar-refractivity contribution in [3.05, 3.63) is 90.3 Å². The van der Waals surface area contributed by atoms with Gasteiger partial charge in [-0.05, 0) is 72.4 Å². The van der Waals surface area contributed by atoms with Gasteiger partial charge in [-0.1, -0.05) is 29.8 Å². The number of carbonyl (C=O) groups excluding carboxylic acids is 1. The largest absolute Gasteiger partial charge is 0.378 e. The van der Waals surface area contributed by atoms with Crippen LogP contribution in [0.15, 0.2) is 46.6 Å². The molecule has 1 fully saturated rings. The SMILES string of the molecule is O=C([C@H](O)c1cccc(Cl)c1)N1CCc2nc(C3(c4cc(C5=CCCC5)cs4)CC3)[nH]c(=O)c2C1. The van der Waals surface area contributed by atoms with Crippen LogP contribution in [0.25, 0.3) is 5.57 Å². The Morgan fingerprint density at radius 2 is 2.11 bits per heavy atom. The molecule has 2 aromatic heterocycles. The number of H-pyrrole nitrogens is 1. The summed E-state index contributed by atoms with van der Waals surface area (Å²) in [6.07, 6.45) is 6.97. The molecule has 0 radical (unpaired) electrons. The highest BCUT2D eigenvalue weighted by Crippen LogP contribution is 2.54. The quantitative estimate of drug-likeness (QED) is 0.521. The molecule has 1 aromatic carbocycles. The Morgan fingerprint density at radius 1 is 1.26 bits per heavy atom. The van der Waals surface area contributed by atoms with E-state index in [2.05, 4.69) is 22.5 Å². The standard InChI is InChI=1S/C27H26ClN3O3S/c28-19-7-3-6-17(12-19)23(32)25(34)31-11-8-21-20(14-31)24(33)30-26(29-21)27(9-10-27)22-13-18(15-35-22)16-4-1-2-5-16/h3-4,6-7,12-13,15,23,32H,1-2,5,8-11,14H2,(H,29,30,33)/t23-/m1/s1. The topological polar surface area (TPSA) is 86.3 Å². The van der Waals surface area contributed by atoms with Gasteiger partial charge in [0.05, 0.1) is 23.2 Å². The average molecular weight is 508 g/mol. The summed E-state index contributed by atoms with van der Waals surface area (Å²) in [6.45, 7) is 0.544. The molecule has 2 N–H and O–H groups in total. The van der Waals surface area contributed by atoms with Gasteiger partial charge in [-0.3, -0.25) is 9.59 Å². The first-order valence-corrected chi connectivity index (χ1v) is 13.3. The van der Waals surface area contributed by atoms with E-state index < -0.39 is 12.0 Å². The molecular formula is C27H26ClN3O3S. The van der Waals surface area contributed by atoms with Gasteiger partial charge in [0.2, 0.25) is 0 Å². The third-order valence-electron chi connectivity index (χ3n) is 7.46. The van der Waals surface area contributed by atoms with Crippen molar-refractivity contribution < 1.29 is 9.90 Å². The van der Waals surface area contributed by atoms with Crippen molar-refractivity contribution in [2.45, 2.75) is 56.6 Å². The summed E-state index contributed by atoms with van der Waals surface area (Å²) in [5.41, 5.74) is 4.04. The van der Waals surface area contributed by atoms with Crippen molar-refractivity contribution in [3.8, 4) is 0 Å². The second-order valence-corrected chi connectivity index (χ2v) is 11.1. The average Bonchev–Trinajstić information content (AvgIpc) is 3.25. The number of aromatic amines is 1. The van der Waals surface area contributed by atoms with Gasteiger partial charge in [0, 0.05) is 22.9 Å². The first kappa shape index (κ1) is 22.7. The molecule has 180 valence electrons. The van der Waals surface area contributed by atoms with E-state index >= 15 is 0 Å². The molecule has 1 aliphatic heterocycles. The van der Waals surface area contributed by atoms with Crippen molar-refractivity contribution in [2.24, 2.45) is 0 Å². The van der Waals surface area contributed by atoms with Crippen LogP contribution in [0.4, 0.5) is 0 Å². The van der Waals surface area contributed by atoms with Gasteiger partial charge in [0.15, 0.2) is 6.10 Å². The van der Waals surface area contributed by atoms with Crippen LogP contribution < -0.4 is 5.56 Å². The van der Waals surface area contributed by atoms with Crippen LogP contribution in [0, 0.1) is 0 Å². The van der Waals surface area contributed by atoms with Gasteiger partial charge >= 0.3 is 0 Å².